The molecule has 0 bridgehead atoms. The lowest BCUT2D eigenvalue weighted by Gasteiger charge is -2.14. The van der Waals surface area contributed by atoms with Crippen molar-refractivity contribution in [2.24, 2.45) is 0 Å². The molecule has 1 amide bonds. The summed E-state index contributed by atoms with van der Waals surface area (Å²) in [6.45, 7) is 4.87. The number of thioether (sulfide) groups is 1. The van der Waals surface area contributed by atoms with Crippen LogP contribution in [0.4, 0.5) is 0 Å². The van der Waals surface area contributed by atoms with Crippen molar-refractivity contribution in [2.45, 2.75) is 44.4 Å². The molecule has 1 N–H and O–H groups in total. The fraction of sp³-hybridized carbons (Fsp3) is 0.318. The molecule has 0 aliphatic carbocycles. The van der Waals surface area contributed by atoms with Gasteiger partial charge in [0.15, 0.2) is 5.16 Å². The van der Waals surface area contributed by atoms with E-state index in [1.54, 1.807) is 0 Å². The highest BCUT2D eigenvalue weighted by Gasteiger charge is 2.14. The SMILES string of the molecule is CCn1c(CCc2ccccc2)nnc1SCC(=O)NC(C)c1ccccc1. The molecule has 0 aliphatic heterocycles. The van der Waals surface area contributed by atoms with E-state index in [-0.39, 0.29) is 11.9 Å². The van der Waals surface area contributed by atoms with Gasteiger partial charge in [0.2, 0.25) is 5.91 Å². The summed E-state index contributed by atoms with van der Waals surface area (Å²) in [4.78, 5) is 12.3. The van der Waals surface area contributed by atoms with Gasteiger partial charge in [0.1, 0.15) is 5.82 Å². The molecule has 0 aliphatic rings. The van der Waals surface area contributed by atoms with E-state index in [1.807, 2.05) is 43.3 Å². The van der Waals surface area contributed by atoms with Crippen molar-refractivity contribution in [3.8, 4) is 0 Å². The fourth-order valence-electron chi connectivity index (χ4n) is 3.07. The number of carbonyl (C=O) groups is 1. The highest BCUT2D eigenvalue weighted by Crippen LogP contribution is 2.19. The van der Waals surface area contributed by atoms with Crippen LogP contribution in [0.5, 0.6) is 0 Å². The van der Waals surface area contributed by atoms with Crippen LogP contribution >= 0.6 is 11.8 Å². The van der Waals surface area contributed by atoms with E-state index in [1.165, 1.54) is 17.3 Å². The first-order valence-electron chi connectivity index (χ1n) is 9.60. The molecule has 6 heteroatoms. The van der Waals surface area contributed by atoms with Gasteiger partial charge in [-0.15, -0.1) is 10.2 Å². The molecule has 2 aromatic carbocycles. The summed E-state index contributed by atoms with van der Waals surface area (Å²) in [7, 11) is 0. The lowest BCUT2D eigenvalue weighted by atomic mass is 10.1. The highest BCUT2D eigenvalue weighted by atomic mass is 32.2. The Balaban J connectivity index is 1.54. The molecule has 0 spiro atoms. The summed E-state index contributed by atoms with van der Waals surface area (Å²) >= 11 is 1.44. The van der Waals surface area contributed by atoms with Crippen LogP contribution in [0.1, 0.15) is 36.8 Å². The molecular weight excluding hydrogens is 368 g/mol. The summed E-state index contributed by atoms with van der Waals surface area (Å²) < 4.78 is 2.10. The number of aryl methyl sites for hydroxylation is 2. The van der Waals surface area contributed by atoms with Crippen molar-refractivity contribution >= 4 is 17.7 Å². The van der Waals surface area contributed by atoms with E-state index in [0.717, 1.165) is 35.9 Å². The minimum absolute atomic E-state index is 0.00200. The summed E-state index contributed by atoms with van der Waals surface area (Å²) in [5.74, 6) is 1.29. The molecule has 1 heterocycles. The van der Waals surface area contributed by atoms with Gasteiger partial charge in [-0.2, -0.15) is 0 Å². The van der Waals surface area contributed by atoms with Crippen LogP contribution < -0.4 is 5.32 Å². The van der Waals surface area contributed by atoms with Gasteiger partial charge in [-0.1, -0.05) is 72.4 Å². The Labute approximate surface area is 170 Å². The van der Waals surface area contributed by atoms with Crippen LogP contribution in [-0.4, -0.2) is 26.4 Å². The fourth-order valence-corrected chi connectivity index (χ4v) is 3.90. The van der Waals surface area contributed by atoms with Gasteiger partial charge in [-0.3, -0.25) is 4.79 Å². The first-order chi connectivity index (χ1) is 13.7. The van der Waals surface area contributed by atoms with Crippen molar-refractivity contribution in [3.63, 3.8) is 0 Å². The number of nitrogens with one attached hydrogen (secondary N) is 1. The average Bonchev–Trinajstić information content (AvgIpc) is 3.14. The molecule has 28 heavy (non-hydrogen) atoms. The van der Waals surface area contributed by atoms with Crippen LogP contribution in [-0.2, 0) is 24.2 Å². The summed E-state index contributed by atoms with van der Waals surface area (Å²) in [6, 6.07) is 20.3. The molecule has 3 aromatic rings. The lowest BCUT2D eigenvalue weighted by molar-refractivity contribution is -0.119. The predicted molar refractivity (Wildman–Crippen MR) is 113 cm³/mol. The number of benzene rings is 2. The topological polar surface area (TPSA) is 59.8 Å². The number of aromatic nitrogens is 3. The second-order valence-electron chi connectivity index (χ2n) is 6.62. The molecule has 0 radical (unpaired) electrons. The monoisotopic (exact) mass is 394 g/mol. The zero-order chi connectivity index (χ0) is 19.8. The first kappa shape index (κ1) is 20.1. The first-order valence-corrected chi connectivity index (χ1v) is 10.6. The standard InChI is InChI=1S/C22H26N4OS/c1-3-26-20(15-14-18-10-6-4-7-11-18)24-25-22(26)28-16-21(27)23-17(2)19-12-8-5-9-13-19/h4-13,17H,3,14-16H2,1-2H3,(H,23,27). The molecular formula is C22H26N4OS. The molecule has 1 atom stereocenters. The van der Waals surface area contributed by atoms with Gasteiger partial charge in [-0.05, 0) is 31.4 Å². The molecule has 0 fully saturated rings. The van der Waals surface area contributed by atoms with E-state index in [9.17, 15) is 4.79 Å². The maximum absolute atomic E-state index is 12.3. The van der Waals surface area contributed by atoms with Gasteiger partial charge >= 0.3 is 0 Å². The molecule has 0 saturated heterocycles. The van der Waals surface area contributed by atoms with Crippen LogP contribution in [0.25, 0.3) is 0 Å². The number of rotatable bonds is 9. The third-order valence-corrected chi connectivity index (χ3v) is 5.57. The Morgan fingerprint density at radius 2 is 1.71 bits per heavy atom. The van der Waals surface area contributed by atoms with Crippen molar-refractivity contribution < 1.29 is 4.79 Å². The number of hydrogen-bond donors (Lipinski definition) is 1. The van der Waals surface area contributed by atoms with E-state index in [2.05, 4.69) is 51.3 Å². The van der Waals surface area contributed by atoms with E-state index in [4.69, 9.17) is 0 Å². The smallest absolute Gasteiger partial charge is 0.230 e. The molecule has 1 unspecified atom stereocenters. The molecule has 1 aromatic heterocycles. The van der Waals surface area contributed by atoms with E-state index in [0.29, 0.717) is 5.75 Å². The molecule has 5 nitrogen and oxygen atoms in total. The second kappa shape index (κ2) is 10.1. The van der Waals surface area contributed by atoms with Gasteiger partial charge in [0, 0.05) is 13.0 Å². The second-order valence-corrected chi connectivity index (χ2v) is 7.56. The van der Waals surface area contributed by atoms with E-state index < -0.39 is 0 Å². The number of hydrogen-bond acceptors (Lipinski definition) is 4. The summed E-state index contributed by atoms with van der Waals surface area (Å²) in [5, 5.41) is 12.5. The minimum atomic E-state index is -0.0141. The Morgan fingerprint density at radius 3 is 2.39 bits per heavy atom. The Bertz CT molecular complexity index is 880. The zero-order valence-corrected chi connectivity index (χ0v) is 17.2. The Kier molecular flexibility index (Phi) is 7.25. The Morgan fingerprint density at radius 1 is 1.04 bits per heavy atom. The van der Waals surface area contributed by atoms with Crippen molar-refractivity contribution in [1.29, 1.82) is 0 Å². The van der Waals surface area contributed by atoms with Crippen molar-refractivity contribution in [3.05, 3.63) is 77.6 Å². The van der Waals surface area contributed by atoms with E-state index >= 15 is 0 Å². The zero-order valence-electron chi connectivity index (χ0n) is 16.3. The third-order valence-electron chi connectivity index (χ3n) is 4.60. The predicted octanol–water partition coefficient (Wildman–Crippen LogP) is 4.05. The van der Waals surface area contributed by atoms with Crippen LogP contribution in [0.2, 0.25) is 0 Å². The lowest BCUT2D eigenvalue weighted by Crippen LogP contribution is -2.28. The number of nitrogens with zero attached hydrogens (tertiary/aromatic N) is 3. The normalized spacial score (nSPS) is 11.9. The number of amides is 1. The highest BCUT2D eigenvalue weighted by molar-refractivity contribution is 7.99. The average molecular weight is 395 g/mol. The van der Waals surface area contributed by atoms with Gasteiger partial charge in [-0.25, -0.2) is 0 Å². The Hall–Kier alpha value is -2.60. The summed E-state index contributed by atoms with van der Waals surface area (Å²) in [6.07, 6.45) is 1.77. The van der Waals surface area contributed by atoms with Gasteiger partial charge in [0.05, 0.1) is 11.8 Å². The van der Waals surface area contributed by atoms with Crippen molar-refractivity contribution in [1.82, 2.24) is 20.1 Å². The van der Waals surface area contributed by atoms with Crippen LogP contribution in [0.15, 0.2) is 65.8 Å². The van der Waals surface area contributed by atoms with Gasteiger partial charge in [0.25, 0.3) is 0 Å². The third kappa shape index (κ3) is 5.45. The van der Waals surface area contributed by atoms with Gasteiger partial charge < -0.3 is 9.88 Å². The largest absolute Gasteiger partial charge is 0.349 e. The molecule has 0 saturated carbocycles. The maximum atomic E-state index is 12.3. The van der Waals surface area contributed by atoms with Crippen LogP contribution in [0.3, 0.4) is 0 Å². The summed E-state index contributed by atoms with van der Waals surface area (Å²) in [5.41, 5.74) is 2.39. The quantitative estimate of drug-likeness (QED) is 0.556. The molecule has 146 valence electrons. The van der Waals surface area contributed by atoms with Crippen LogP contribution in [0, 0.1) is 0 Å². The maximum Gasteiger partial charge on any atom is 0.230 e. The molecule has 3 rings (SSSR count). The van der Waals surface area contributed by atoms with Crippen molar-refractivity contribution in [2.75, 3.05) is 5.75 Å². The minimum Gasteiger partial charge on any atom is -0.349 e. The number of carbonyl (C=O) groups excluding carboxylic acids is 1.